The van der Waals surface area contributed by atoms with Crippen LogP contribution in [0, 0.1) is 0 Å². The minimum Gasteiger partial charge on any atom is -0.329 e. The highest BCUT2D eigenvalue weighted by molar-refractivity contribution is 6.02. The zero-order chi connectivity index (χ0) is 12.1. The Hall–Kier alpha value is -2.28. The highest BCUT2D eigenvalue weighted by atomic mass is 16.2. The van der Waals surface area contributed by atoms with Gasteiger partial charge in [0.1, 0.15) is 0 Å². The molecule has 0 saturated heterocycles. The van der Waals surface area contributed by atoms with Crippen molar-refractivity contribution in [1.82, 2.24) is 20.0 Å². The number of rotatable bonds is 4. The van der Waals surface area contributed by atoms with Crippen molar-refractivity contribution in [3.8, 4) is 0 Å². The van der Waals surface area contributed by atoms with E-state index in [0.717, 1.165) is 0 Å². The van der Waals surface area contributed by atoms with Crippen LogP contribution in [0.25, 0.3) is 0 Å². The highest BCUT2D eigenvalue weighted by Crippen LogP contribution is 2.05. The fraction of sp³-hybridized carbons (Fsp3) is 0.200. The predicted molar refractivity (Wildman–Crippen MR) is 61.3 cm³/mol. The third-order valence-electron chi connectivity index (χ3n) is 2.07. The van der Waals surface area contributed by atoms with Crippen LogP contribution in [0.1, 0.15) is 10.5 Å². The number of anilines is 1. The van der Waals surface area contributed by atoms with Crippen molar-refractivity contribution in [2.24, 2.45) is 5.73 Å². The van der Waals surface area contributed by atoms with Crippen molar-refractivity contribution in [1.29, 1.82) is 0 Å². The molecule has 0 aliphatic rings. The normalized spacial score (nSPS) is 10.2. The number of carbonyl (C=O) groups excluding carboxylic acids is 1. The molecule has 0 fully saturated rings. The number of amides is 1. The van der Waals surface area contributed by atoms with E-state index in [1.807, 2.05) is 0 Å². The van der Waals surface area contributed by atoms with Gasteiger partial charge in [-0.3, -0.25) is 14.5 Å². The maximum Gasteiger partial charge on any atom is 0.277 e. The summed E-state index contributed by atoms with van der Waals surface area (Å²) in [5.41, 5.74) is 6.30. The van der Waals surface area contributed by atoms with Crippen molar-refractivity contribution in [2.45, 2.75) is 6.54 Å². The first-order chi connectivity index (χ1) is 8.29. The van der Waals surface area contributed by atoms with Gasteiger partial charge in [0, 0.05) is 24.6 Å². The lowest BCUT2D eigenvalue weighted by atomic mass is 10.3. The number of nitrogens with zero attached hydrogens (tertiary/aromatic N) is 4. The van der Waals surface area contributed by atoms with Gasteiger partial charge in [-0.05, 0) is 12.1 Å². The van der Waals surface area contributed by atoms with Gasteiger partial charge < -0.3 is 11.1 Å². The summed E-state index contributed by atoms with van der Waals surface area (Å²) in [6.07, 6.45) is 4.76. The third-order valence-corrected chi connectivity index (χ3v) is 2.07. The Kier molecular flexibility index (Phi) is 3.41. The second-order valence-electron chi connectivity index (χ2n) is 3.35. The van der Waals surface area contributed by atoms with Crippen molar-refractivity contribution < 1.29 is 4.79 Å². The first kappa shape index (κ1) is 11.2. The number of nitrogens with two attached hydrogens (primary N) is 1. The van der Waals surface area contributed by atoms with E-state index in [0.29, 0.717) is 18.8 Å². The van der Waals surface area contributed by atoms with E-state index in [-0.39, 0.29) is 11.6 Å². The van der Waals surface area contributed by atoms with Gasteiger partial charge in [0.2, 0.25) is 0 Å². The zero-order valence-corrected chi connectivity index (χ0v) is 9.08. The van der Waals surface area contributed by atoms with Crippen LogP contribution in [-0.2, 0) is 6.54 Å². The lowest BCUT2D eigenvalue weighted by Gasteiger charge is -2.00. The average molecular weight is 232 g/mol. The van der Waals surface area contributed by atoms with Crippen LogP contribution < -0.4 is 11.1 Å². The molecule has 2 aromatic heterocycles. The van der Waals surface area contributed by atoms with Crippen LogP contribution in [0.5, 0.6) is 0 Å². The van der Waals surface area contributed by atoms with Gasteiger partial charge >= 0.3 is 0 Å². The van der Waals surface area contributed by atoms with Gasteiger partial charge in [-0.25, -0.2) is 0 Å². The monoisotopic (exact) mass is 232 g/mol. The summed E-state index contributed by atoms with van der Waals surface area (Å²) in [6.45, 7) is 0.990. The van der Waals surface area contributed by atoms with Gasteiger partial charge in [0.25, 0.3) is 5.91 Å². The van der Waals surface area contributed by atoms with Crippen LogP contribution in [0.15, 0.2) is 30.7 Å². The Bertz CT molecular complexity index is 495. The molecule has 0 atom stereocenters. The van der Waals surface area contributed by atoms with E-state index in [9.17, 15) is 4.79 Å². The molecule has 3 N–H and O–H groups in total. The topological polar surface area (TPSA) is 98.7 Å². The molecule has 7 nitrogen and oxygen atoms in total. The fourth-order valence-electron chi connectivity index (χ4n) is 1.27. The molecule has 0 spiro atoms. The molecule has 0 aromatic carbocycles. The predicted octanol–water partition coefficient (Wildman–Crippen LogP) is -0.116. The van der Waals surface area contributed by atoms with Crippen molar-refractivity contribution in [2.75, 3.05) is 11.9 Å². The number of hydrogen-bond donors (Lipinski definition) is 2. The maximum absolute atomic E-state index is 11.8. The first-order valence-electron chi connectivity index (χ1n) is 5.11. The first-order valence-corrected chi connectivity index (χ1v) is 5.11. The maximum atomic E-state index is 11.8. The van der Waals surface area contributed by atoms with Crippen molar-refractivity contribution >= 4 is 11.6 Å². The summed E-state index contributed by atoms with van der Waals surface area (Å²) in [5, 5.41) is 10.2. The summed E-state index contributed by atoms with van der Waals surface area (Å²) in [4.78, 5) is 15.6. The lowest BCUT2D eigenvalue weighted by Crippen LogP contribution is -2.12. The largest absolute Gasteiger partial charge is 0.329 e. The Morgan fingerprint density at radius 2 is 2.18 bits per heavy atom. The molecule has 0 radical (unpaired) electrons. The molecule has 0 saturated carbocycles. The lowest BCUT2D eigenvalue weighted by molar-refractivity contribution is 0.102. The van der Waals surface area contributed by atoms with Gasteiger partial charge in [0.15, 0.2) is 5.69 Å². The fourth-order valence-corrected chi connectivity index (χ4v) is 1.27. The standard InChI is InChI=1S/C10H12N6O/c11-3-6-16-7-9(14-15-16)10(17)13-8-1-4-12-5-2-8/h1-2,4-5,7H,3,6,11H2,(H,12,13,17). The van der Waals surface area contributed by atoms with E-state index >= 15 is 0 Å². The van der Waals surface area contributed by atoms with E-state index in [2.05, 4.69) is 20.6 Å². The number of hydrogen-bond acceptors (Lipinski definition) is 5. The summed E-state index contributed by atoms with van der Waals surface area (Å²) in [7, 11) is 0. The Labute approximate surface area is 97.6 Å². The second kappa shape index (κ2) is 5.17. The van der Waals surface area contributed by atoms with E-state index in [1.54, 1.807) is 30.7 Å². The molecule has 0 unspecified atom stereocenters. The Morgan fingerprint density at radius 1 is 1.41 bits per heavy atom. The second-order valence-corrected chi connectivity index (χ2v) is 3.35. The molecule has 1 amide bonds. The summed E-state index contributed by atoms with van der Waals surface area (Å²) < 4.78 is 1.53. The van der Waals surface area contributed by atoms with Crippen LogP contribution in [0.2, 0.25) is 0 Å². The minimum atomic E-state index is -0.306. The summed E-state index contributed by atoms with van der Waals surface area (Å²) in [5.74, 6) is -0.306. The molecular formula is C10H12N6O. The SMILES string of the molecule is NCCn1cc(C(=O)Nc2ccncc2)nn1. The Morgan fingerprint density at radius 3 is 2.88 bits per heavy atom. The smallest absolute Gasteiger partial charge is 0.277 e. The highest BCUT2D eigenvalue weighted by Gasteiger charge is 2.10. The van der Waals surface area contributed by atoms with Crippen LogP contribution in [0.3, 0.4) is 0 Å². The van der Waals surface area contributed by atoms with Crippen molar-refractivity contribution in [3.63, 3.8) is 0 Å². The van der Waals surface area contributed by atoms with E-state index < -0.39 is 0 Å². The number of pyridine rings is 1. The van der Waals surface area contributed by atoms with Gasteiger partial charge in [-0.2, -0.15) is 0 Å². The Balaban J connectivity index is 2.04. The molecule has 2 heterocycles. The number of aromatic nitrogens is 4. The molecular weight excluding hydrogens is 220 g/mol. The number of carbonyl (C=O) groups is 1. The third kappa shape index (κ3) is 2.85. The summed E-state index contributed by atoms with van der Waals surface area (Å²) in [6, 6.07) is 3.39. The van der Waals surface area contributed by atoms with E-state index in [1.165, 1.54) is 4.68 Å². The molecule has 0 aliphatic heterocycles. The molecule has 2 rings (SSSR count). The van der Waals surface area contributed by atoms with Crippen LogP contribution in [0.4, 0.5) is 5.69 Å². The molecule has 0 bridgehead atoms. The summed E-state index contributed by atoms with van der Waals surface area (Å²) >= 11 is 0. The quantitative estimate of drug-likeness (QED) is 0.766. The van der Waals surface area contributed by atoms with Gasteiger partial charge in [0.05, 0.1) is 12.7 Å². The van der Waals surface area contributed by atoms with Crippen molar-refractivity contribution in [3.05, 3.63) is 36.4 Å². The number of nitrogens with one attached hydrogen (secondary N) is 1. The molecule has 0 aliphatic carbocycles. The average Bonchev–Trinajstić information content (AvgIpc) is 2.79. The molecule has 7 heteroatoms. The van der Waals surface area contributed by atoms with Gasteiger partial charge in [-0.15, -0.1) is 5.10 Å². The molecule has 2 aromatic rings. The zero-order valence-electron chi connectivity index (χ0n) is 9.08. The van der Waals surface area contributed by atoms with Gasteiger partial charge in [-0.1, -0.05) is 5.21 Å². The minimum absolute atomic E-state index is 0.260. The van der Waals surface area contributed by atoms with Crippen LogP contribution in [-0.4, -0.2) is 32.4 Å². The molecule has 88 valence electrons. The van der Waals surface area contributed by atoms with Crippen LogP contribution >= 0.6 is 0 Å². The molecule has 17 heavy (non-hydrogen) atoms. The van der Waals surface area contributed by atoms with E-state index in [4.69, 9.17) is 5.73 Å².